The Kier molecular flexibility index (Phi) is 17.2. The van der Waals surface area contributed by atoms with Crippen molar-refractivity contribution in [1.29, 1.82) is 0 Å². The van der Waals surface area contributed by atoms with Gasteiger partial charge in [-0.05, 0) is 121 Å². The Labute approximate surface area is 458 Å². The van der Waals surface area contributed by atoms with Crippen molar-refractivity contribution < 1.29 is 51.5 Å². The summed E-state index contributed by atoms with van der Waals surface area (Å²) in [6.07, 6.45) is -0.430. The molecular formula is C58H73F3N10O8. The lowest BCUT2D eigenvalue weighted by Crippen LogP contribution is -2.62. The monoisotopic (exact) mass is 1090 g/mol. The Morgan fingerprint density at radius 2 is 0.949 bits per heavy atom. The summed E-state index contributed by atoms with van der Waals surface area (Å²) in [4.78, 5) is 118. The van der Waals surface area contributed by atoms with Gasteiger partial charge in [0.15, 0.2) is 0 Å². The van der Waals surface area contributed by atoms with Crippen molar-refractivity contribution in [3.63, 3.8) is 0 Å². The number of aryl methyl sites for hydroxylation is 1. The van der Waals surface area contributed by atoms with Gasteiger partial charge in [0.1, 0.15) is 24.2 Å². The molecule has 0 unspecified atom stereocenters. The quantitative estimate of drug-likeness (QED) is 0.123. The molecule has 21 heteroatoms. The summed E-state index contributed by atoms with van der Waals surface area (Å²) in [6, 6.07) is 14.1. The van der Waals surface area contributed by atoms with Gasteiger partial charge in [0.2, 0.25) is 47.3 Å². The normalized spacial score (nSPS) is 27.5. The van der Waals surface area contributed by atoms with Crippen molar-refractivity contribution >= 4 is 47.3 Å². The number of hydrogen-bond donors (Lipinski definition) is 6. The van der Waals surface area contributed by atoms with Crippen molar-refractivity contribution in [2.75, 3.05) is 40.3 Å². The van der Waals surface area contributed by atoms with Gasteiger partial charge in [-0.1, -0.05) is 66.2 Å². The molecule has 12 atom stereocenters. The number of carbonyl (C=O) groups is 8. The van der Waals surface area contributed by atoms with Crippen LogP contribution in [-0.2, 0) is 57.4 Å². The van der Waals surface area contributed by atoms with Crippen molar-refractivity contribution in [3.8, 4) is 0 Å². The molecule has 0 radical (unpaired) electrons. The van der Waals surface area contributed by atoms with Crippen LogP contribution in [-0.4, -0.2) is 168 Å². The van der Waals surface area contributed by atoms with Crippen LogP contribution in [0.25, 0.3) is 0 Å². The molecule has 6 fully saturated rings. The Morgan fingerprint density at radius 1 is 0.557 bits per heavy atom. The average molecular weight is 1100 g/mol. The molecule has 8 amide bonds. The van der Waals surface area contributed by atoms with Crippen molar-refractivity contribution in [2.24, 2.45) is 0 Å². The van der Waals surface area contributed by atoms with Crippen LogP contribution in [0.3, 0.4) is 0 Å². The molecule has 424 valence electrons. The van der Waals surface area contributed by atoms with E-state index in [4.69, 9.17) is 0 Å². The maximum absolute atomic E-state index is 14.5. The summed E-state index contributed by atoms with van der Waals surface area (Å²) in [5.41, 5.74) is 3.56. The highest BCUT2D eigenvalue weighted by atomic mass is 19.4. The fourth-order valence-electron chi connectivity index (χ4n) is 11.9. The van der Waals surface area contributed by atoms with Crippen molar-refractivity contribution in [3.05, 3.63) is 106 Å². The molecule has 79 heavy (non-hydrogen) atoms. The molecule has 6 aliphatic rings. The van der Waals surface area contributed by atoms with Gasteiger partial charge < -0.3 is 51.5 Å². The topological polar surface area (TPSA) is 222 Å². The zero-order valence-corrected chi connectivity index (χ0v) is 45.4. The first-order valence-electron chi connectivity index (χ1n) is 27.8. The SMILES string of the molecule is CN[C@@H](C)C(=O)N[C@H]1CN(C(=O)Cc2ccc(CC(=O)N3CC[C@H]4CC[C@@H](C(=O)N[C@H]5C[C@@H]5c5ccc(C(F)(F)F)cc5)N4C(=O)[C@@H](NC(=O)[C@H](C)NC)C3)cc2)CC[C@H]2CC[C@@H](C(=O)N[C@H]3C[C@@H]3c3ccc(C)cc3)N2C1=O. The minimum absolute atomic E-state index is 0.0170. The van der Waals surface area contributed by atoms with E-state index in [0.717, 1.165) is 29.7 Å². The number of likely N-dealkylation sites (N-methyl/N-ethyl adjacent to an activating group) is 2. The Hall–Kier alpha value is -6.87. The number of rotatable bonds is 16. The van der Waals surface area contributed by atoms with Gasteiger partial charge in [-0.2, -0.15) is 13.2 Å². The predicted octanol–water partition coefficient (Wildman–Crippen LogP) is 2.81. The number of hydrogen-bond acceptors (Lipinski definition) is 10. The van der Waals surface area contributed by atoms with E-state index in [2.05, 4.69) is 56.2 Å². The molecule has 4 heterocycles. The average Bonchev–Trinajstić information content (AvgIpc) is 4.46. The molecule has 2 saturated carbocycles. The summed E-state index contributed by atoms with van der Waals surface area (Å²) in [5, 5.41) is 17.7. The molecular weight excluding hydrogens is 1020 g/mol. The van der Waals surface area contributed by atoms with E-state index in [0.29, 0.717) is 68.2 Å². The van der Waals surface area contributed by atoms with Crippen LogP contribution in [0.5, 0.6) is 0 Å². The van der Waals surface area contributed by atoms with Gasteiger partial charge in [-0.25, -0.2) is 0 Å². The van der Waals surface area contributed by atoms with Gasteiger partial charge >= 0.3 is 6.18 Å². The van der Waals surface area contributed by atoms with Crippen LogP contribution in [0.15, 0.2) is 72.8 Å². The second-order valence-electron chi connectivity index (χ2n) is 22.5. The number of halogens is 3. The van der Waals surface area contributed by atoms with E-state index in [-0.39, 0.29) is 86.1 Å². The minimum Gasteiger partial charge on any atom is -0.351 e. The van der Waals surface area contributed by atoms with Crippen LogP contribution in [0, 0.1) is 6.92 Å². The largest absolute Gasteiger partial charge is 0.416 e. The van der Waals surface area contributed by atoms with E-state index >= 15 is 0 Å². The number of amides is 8. The van der Waals surface area contributed by atoms with E-state index in [9.17, 15) is 51.5 Å². The maximum Gasteiger partial charge on any atom is 0.416 e. The zero-order chi connectivity index (χ0) is 56.4. The van der Waals surface area contributed by atoms with Gasteiger partial charge in [0.05, 0.1) is 30.5 Å². The van der Waals surface area contributed by atoms with E-state index in [1.165, 1.54) is 12.1 Å². The first-order chi connectivity index (χ1) is 37.7. The standard InChI is InChI=1S/C58H73F3N10O8/c1-32-6-12-37(13-7-32)42-28-44(42)64-54(76)48-20-18-40-22-24-68(30-46(56(78)70(40)48)66-52(74)33(2)62-4)50(72)26-35-8-10-36(11-9-35)27-51(73)69-25-23-41-19-21-49(71(41)57(79)47(31-69)67-53(75)34(3)63-5)55(77)65-45-29-43(45)38-14-16-39(17-15-38)58(59,60)61/h6-17,33-34,40-49,62-63H,18-31H2,1-5H3,(H,64,76)(H,65,77)(H,66,74)(H,67,75)/t33-,34-,40+,41+,42+,43+,44-,45-,46-,47-,48-,49-/m0/s1. The fraction of sp³-hybridized carbons (Fsp3) is 0.552. The number of alkyl halides is 3. The van der Waals surface area contributed by atoms with Crippen LogP contribution in [0.4, 0.5) is 13.2 Å². The molecule has 0 aromatic heterocycles. The molecule has 0 spiro atoms. The molecule has 18 nitrogen and oxygen atoms in total. The number of nitrogens with one attached hydrogen (secondary N) is 6. The van der Waals surface area contributed by atoms with E-state index < -0.39 is 77.7 Å². The number of nitrogens with zero attached hydrogens (tertiary/aromatic N) is 4. The third-order valence-corrected chi connectivity index (χ3v) is 17.1. The zero-order valence-electron chi connectivity index (χ0n) is 45.4. The molecule has 3 aromatic carbocycles. The molecule has 4 aliphatic heterocycles. The Balaban J connectivity index is 0.816. The van der Waals surface area contributed by atoms with Crippen LogP contribution < -0.4 is 31.9 Å². The maximum atomic E-state index is 14.5. The summed E-state index contributed by atoms with van der Waals surface area (Å²) in [6.45, 7) is 5.66. The second kappa shape index (κ2) is 23.8. The smallest absolute Gasteiger partial charge is 0.351 e. The van der Waals surface area contributed by atoms with Crippen molar-refractivity contribution in [1.82, 2.24) is 51.5 Å². The van der Waals surface area contributed by atoms with Crippen LogP contribution in [0.1, 0.15) is 110 Å². The van der Waals surface area contributed by atoms with Crippen molar-refractivity contribution in [2.45, 2.75) is 163 Å². The Morgan fingerprint density at radius 3 is 1.33 bits per heavy atom. The summed E-state index contributed by atoms with van der Waals surface area (Å²) >= 11 is 0. The first-order valence-corrected chi connectivity index (χ1v) is 27.8. The lowest BCUT2D eigenvalue weighted by molar-refractivity contribution is -0.147. The van der Waals surface area contributed by atoms with Gasteiger partial charge in [-0.3, -0.25) is 38.4 Å². The molecule has 3 aromatic rings. The fourth-order valence-corrected chi connectivity index (χ4v) is 11.9. The summed E-state index contributed by atoms with van der Waals surface area (Å²) < 4.78 is 39.5. The second-order valence-corrected chi connectivity index (χ2v) is 22.5. The lowest BCUT2D eigenvalue weighted by Gasteiger charge is -2.39. The third kappa shape index (κ3) is 13.1. The van der Waals surface area contributed by atoms with Gasteiger partial charge in [-0.15, -0.1) is 0 Å². The number of carbonyl (C=O) groups excluding carboxylic acids is 8. The van der Waals surface area contributed by atoms with E-state index in [1.807, 2.05) is 6.92 Å². The lowest BCUT2D eigenvalue weighted by atomic mass is 10.0. The molecule has 6 N–H and O–H groups in total. The molecule has 2 aliphatic carbocycles. The van der Waals surface area contributed by atoms with Gasteiger partial charge in [0, 0.05) is 62.2 Å². The Bertz CT molecular complexity index is 2780. The van der Waals surface area contributed by atoms with Crippen LogP contribution >= 0.6 is 0 Å². The highest BCUT2D eigenvalue weighted by Gasteiger charge is 2.50. The van der Waals surface area contributed by atoms with E-state index in [1.54, 1.807) is 71.8 Å². The molecule has 0 bridgehead atoms. The summed E-state index contributed by atoms with van der Waals surface area (Å²) in [7, 11) is 3.24. The first kappa shape index (κ1) is 56.8. The highest BCUT2D eigenvalue weighted by molar-refractivity contribution is 5.96. The number of benzene rings is 3. The highest BCUT2D eigenvalue weighted by Crippen LogP contribution is 2.43. The van der Waals surface area contributed by atoms with Gasteiger partial charge in [0.25, 0.3) is 0 Å². The molecule has 4 saturated heterocycles. The number of fused-ring (bicyclic) bond motifs is 2. The third-order valence-electron chi connectivity index (χ3n) is 17.1. The molecule has 9 rings (SSSR count). The minimum atomic E-state index is -4.46. The summed E-state index contributed by atoms with van der Waals surface area (Å²) in [5.74, 6) is -2.84. The van der Waals surface area contributed by atoms with Crippen LogP contribution in [0.2, 0.25) is 0 Å². The predicted molar refractivity (Wildman–Crippen MR) is 286 cm³/mol.